The van der Waals surface area contributed by atoms with Crippen LogP contribution >= 0.6 is 0 Å². The van der Waals surface area contributed by atoms with Crippen molar-refractivity contribution in [2.75, 3.05) is 0 Å². The van der Waals surface area contributed by atoms with Gasteiger partial charge in [0.2, 0.25) is 0 Å². The molecule has 0 N–H and O–H groups in total. The van der Waals surface area contributed by atoms with Crippen molar-refractivity contribution in [2.45, 2.75) is 26.2 Å². The molecule has 0 radical (unpaired) electrons. The van der Waals surface area contributed by atoms with Crippen molar-refractivity contribution in [2.24, 2.45) is 0 Å². The summed E-state index contributed by atoms with van der Waals surface area (Å²) in [5, 5.41) is 13.3. The van der Waals surface area contributed by atoms with Crippen molar-refractivity contribution >= 4 is 0 Å². The molecule has 0 atom stereocenters. The van der Waals surface area contributed by atoms with Crippen LogP contribution < -0.4 is 0 Å². The van der Waals surface area contributed by atoms with Crippen LogP contribution in [0.25, 0.3) is 5.69 Å². The molecule has 2 aromatic rings. The van der Waals surface area contributed by atoms with Crippen LogP contribution in [0.5, 0.6) is 0 Å². The molecule has 0 fully saturated rings. The van der Waals surface area contributed by atoms with Gasteiger partial charge in [-0.1, -0.05) is 20.8 Å². The highest BCUT2D eigenvalue weighted by atomic mass is 15.3. The molecule has 0 bridgehead atoms. The van der Waals surface area contributed by atoms with Crippen LogP contribution in [0.1, 0.15) is 32.0 Å². The lowest BCUT2D eigenvalue weighted by Crippen LogP contribution is -2.12. The Kier molecular flexibility index (Phi) is 2.72. The molecule has 1 aromatic carbocycles. The third kappa shape index (κ3) is 2.36. The average Bonchev–Trinajstić information content (AvgIpc) is 2.78. The highest BCUT2D eigenvalue weighted by molar-refractivity contribution is 5.39. The summed E-state index contributed by atoms with van der Waals surface area (Å²) in [7, 11) is 0. The molecule has 0 aliphatic rings. The van der Waals surface area contributed by atoms with Gasteiger partial charge in [-0.25, -0.2) is 4.68 Å². The Morgan fingerprint density at radius 1 is 1.12 bits per heavy atom. The normalized spacial score (nSPS) is 11.2. The van der Waals surface area contributed by atoms with E-state index in [9.17, 15) is 0 Å². The second kappa shape index (κ2) is 4.06. The van der Waals surface area contributed by atoms with Crippen LogP contribution in [0.4, 0.5) is 0 Å². The molecule has 0 aliphatic carbocycles. The van der Waals surface area contributed by atoms with Crippen molar-refractivity contribution in [3.63, 3.8) is 0 Å². The monoisotopic (exact) mass is 225 g/mol. The van der Waals surface area contributed by atoms with E-state index in [1.165, 1.54) is 0 Å². The van der Waals surface area contributed by atoms with Crippen molar-refractivity contribution in [1.82, 2.24) is 9.78 Å². The Labute approximate surface area is 101 Å². The Morgan fingerprint density at radius 3 is 2.24 bits per heavy atom. The fourth-order valence-electron chi connectivity index (χ4n) is 1.56. The molecule has 0 saturated carbocycles. The van der Waals surface area contributed by atoms with Gasteiger partial charge in [-0.2, -0.15) is 10.4 Å². The van der Waals surface area contributed by atoms with E-state index < -0.39 is 0 Å². The summed E-state index contributed by atoms with van der Waals surface area (Å²) in [6.45, 7) is 6.41. The summed E-state index contributed by atoms with van der Waals surface area (Å²) in [5.41, 5.74) is 2.75. The topological polar surface area (TPSA) is 41.6 Å². The van der Waals surface area contributed by atoms with Crippen molar-refractivity contribution in [3.8, 4) is 11.8 Å². The lowest BCUT2D eigenvalue weighted by Gasteiger charge is -2.14. The second-order valence-corrected chi connectivity index (χ2v) is 5.05. The first-order valence-electron chi connectivity index (χ1n) is 5.57. The minimum Gasteiger partial charge on any atom is -0.241 e. The molecule has 3 nitrogen and oxygen atoms in total. The summed E-state index contributed by atoms with van der Waals surface area (Å²) in [6.07, 6.45) is 1.95. The Bertz CT molecular complexity index is 550. The zero-order valence-electron chi connectivity index (χ0n) is 10.3. The highest BCUT2D eigenvalue weighted by Crippen LogP contribution is 2.20. The van der Waals surface area contributed by atoms with Gasteiger partial charge >= 0.3 is 0 Å². The number of aromatic nitrogens is 2. The van der Waals surface area contributed by atoms with E-state index in [2.05, 4.69) is 31.9 Å². The molecule has 0 unspecified atom stereocenters. The minimum atomic E-state index is 0.0534. The van der Waals surface area contributed by atoms with Gasteiger partial charge in [-0.05, 0) is 30.3 Å². The van der Waals surface area contributed by atoms with Crippen molar-refractivity contribution in [3.05, 3.63) is 47.8 Å². The van der Waals surface area contributed by atoms with E-state index in [1.807, 2.05) is 29.1 Å². The Morgan fingerprint density at radius 2 is 1.76 bits per heavy atom. The predicted octanol–water partition coefficient (Wildman–Crippen LogP) is 3.04. The highest BCUT2D eigenvalue weighted by Gasteiger charge is 2.16. The first-order valence-corrected chi connectivity index (χ1v) is 5.57. The van der Waals surface area contributed by atoms with E-state index in [0.29, 0.717) is 5.56 Å². The number of nitrogens with zero attached hydrogens (tertiary/aromatic N) is 3. The van der Waals surface area contributed by atoms with Crippen LogP contribution in [0, 0.1) is 11.3 Å². The lowest BCUT2D eigenvalue weighted by atomic mass is 9.93. The summed E-state index contributed by atoms with van der Waals surface area (Å²) in [4.78, 5) is 0. The third-order valence-electron chi connectivity index (χ3n) is 2.62. The van der Waals surface area contributed by atoms with Crippen LogP contribution in [0.15, 0.2) is 36.5 Å². The summed E-state index contributed by atoms with van der Waals surface area (Å²) < 4.78 is 1.84. The number of rotatable bonds is 1. The molecular formula is C14H15N3. The number of hydrogen-bond donors (Lipinski definition) is 0. The third-order valence-corrected chi connectivity index (χ3v) is 2.62. The number of benzene rings is 1. The van der Waals surface area contributed by atoms with Crippen LogP contribution in [0.2, 0.25) is 0 Å². The average molecular weight is 225 g/mol. The van der Waals surface area contributed by atoms with Crippen molar-refractivity contribution in [1.29, 1.82) is 5.26 Å². The maximum atomic E-state index is 8.74. The van der Waals surface area contributed by atoms with Crippen molar-refractivity contribution < 1.29 is 0 Å². The molecule has 0 spiro atoms. The van der Waals surface area contributed by atoms with E-state index in [0.717, 1.165) is 11.4 Å². The maximum absolute atomic E-state index is 8.74. The number of nitriles is 1. The fraction of sp³-hybridized carbons (Fsp3) is 0.286. The van der Waals surface area contributed by atoms with Gasteiger partial charge in [0.1, 0.15) is 0 Å². The fourth-order valence-corrected chi connectivity index (χ4v) is 1.56. The molecule has 1 heterocycles. The summed E-state index contributed by atoms with van der Waals surface area (Å²) >= 11 is 0. The van der Waals surface area contributed by atoms with Crippen LogP contribution in [0.3, 0.4) is 0 Å². The van der Waals surface area contributed by atoms with Gasteiger partial charge in [-0.15, -0.1) is 0 Å². The summed E-state index contributed by atoms with van der Waals surface area (Å²) in [6, 6.07) is 11.5. The van der Waals surface area contributed by atoms with Gasteiger partial charge in [0.25, 0.3) is 0 Å². The van der Waals surface area contributed by atoms with Crippen LogP contribution in [-0.4, -0.2) is 9.78 Å². The molecule has 17 heavy (non-hydrogen) atoms. The van der Waals surface area contributed by atoms with Crippen LogP contribution in [-0.2, 0) is 5.41 Å². The Balaban J connectivity index is 2.34. The second-order valence-electron chi connectivity index (χ2n) is 5.05. The first kappa shape index (κ1) is 11.4. The van der Waals surface area contributed by atoms with E-state index >= 15 is 0 Å². The van der Waals surface area contributed by atoms with Gasteiger partial charge < -0.3 is 0 Å². The summed E-state index contributed by atoms with van der Waals surface area (Å²) in [5.74, 6) is 0. The lowest BCUT2D eigenvalue weighted by molar-refractivity contribution is 0.560. The molecule has 2 rings (SSSR count). The quantitative estimate of drug-likeness (QED) is 0.748. The zero-order chi connectivity index (χ0) is 12.5. The van der Waals surface area contributed by atoms with E-state index in [-0.39, 0.29) is 5.41 Å². The van der Waals surface area contributed by atoms with Gasteiger partial charge in [-0.3, -0.25) is 0 Å². The minimum absolute atomic E-state index is 0.0534. The zero-order valence-corrected chi connectivity index (χ0v) is 10.3. The van der Waals surface area contributed by atoms with Gasteiger partial charge in [0.15, 0.2) is 0 Å². The first-order chi connectivity index (χ1) is 8.00. The van der Waals surface area contributed by atoms with E-state index in [1.54, 1.807) is 12.1 Å². The molecule has 0 saturated heterocycles. The Hall–Kier alpha value is -2.08. The van der Waals surface area contributed by atoms with Gasteiger partial charge in [0.05, 0.1) is 23.0 Å². The maximum Gasteiger partial charge on any atom is 0.0991 e. The molecule has 3 heteroatoms. The molecule has 86 valence electrons. The molecule has 1 aromatic heterocycles. The van der Waals surface area contributed by atoms with Gasteiger partial charge in [0, 0.05) is 11.6 Å². The molecule has 0 aliphatic heterocycles. The number of hydrogen-bond acceptors (Lipinski definition) is 2. The molecule has 0 amide bonds. The standard InChI is InChI=1S/C14H15N3/c1-14(2,3)13-8-9-17(16-13)12-6-4-11(10-15)5-7-12/h4-9H,1-3H3. The largest absolute Gasteiger partial charge is 0.241 e. The molecular weight excluding hydrogens is 210 g/mol. The predicted molar refractivity (Wildman–Crippen MR) is 67.0 cm³/mol. The van der Waals surface area contributed by atoms with E-state index in [4.69, 9.17) is 5.26 Å². The SMILES string of the molecule is CC(C)(C)c1ccn(-c2ccc(C#N)cc2)n1. The smallest absolute Gasteiger partial charge is 0.0991 e.